The van der Waals surface area contributed by atoms with E-state index in [1.54, 1.807) is 12.1 Å². The molecule has 0 unspecified atom stereocenters. The summed E-state index contributed by atoms with van der Waals surface area (Å²) in [6.45, 7) is 3.36. The average Bonchev–Trinajstić information content (AvgIpc) is 2.79. The van der Waals surface area contributed by atoms with E-state index in [9.17, 15) is 9.18 Å². The standard InChI is InChI=1S/C24H32FN5O/c1-26-24-20-12-14-29(2)16-21(20)27-23(28-24)18-6-4-13-30(15-18)22(31)7-3-5-17-8-10-19(25)11-9-17/h8-11,18H,3-7,12-16H2,1-2H3,(H,26,27,28)/t18-/m0/s1. The van der Waals surface area contributed by atoms with Crippen LogP contribution in [0.3, 0.4) is 0 Å². The zero-order chi connectivity index (χ0) is 21.8. The molecule has 31 heavy (non-hydrogen) atoms. The van der Waals surface area contributed by atoms with Crippen molar-refractivity contribution in [2.24, 2.45) is 0 Å². The van der Waals surface area contributed by atoms with Crippen molar-refractivity contribution in [3.8, 4) is 0 Å². The number of rotatable bonds is 6. The number of piperidine rings is 1. The molecule has 2 aromatic rings. The minimum absolute atomic E-state index is 0.180. The third-order valence-electron chi connectivity index (χ3n) is 6.42. The minimum atomic E-state index is -0.225. The van der Waals surface area contributed by atoms with Crippen molar-refractivity contribution in [3.63, 3.8) is 0 Å². The van der Waals surface area contributed by atoms with Crippen LogP contribution in [0.4, 0.5) is 10.2 Å². The third-order valence-corrected chi connectivity index (χ3v) is 6.42. The molecule has 166 valence electrons. The molecule has 0 saturated carbocycles. The van der Waals surface area contributed by atoms with E-state index in [-0.39, 0.29) is 17.6 Å². The van der Waals surface area contributed by atoms with Crippen molar-refractivity contribution in [1.82, 2.24) is 19.8 Å². The molecule has 2 aliphatic rings. The molecular weight excluding hydrogens is 393 g/mol. The lowest BCUT2D eigenvalue weighted by Gasteiger charge is -2.33. The smallest absolute Gasteiger partial charge is 0.222 e. The summed E-state index contributed by atoms with van der Waals surface area (Å²) in [6.07, 6.45) is 5.03. The van der Waals surface area contributed by atoms with Crippen molar-refractivity contribution < 1.29 is 9.18 Å². The van der Waals surface area contributed by atoms with Crippen LogP contribution < -0.4 is 5.32 Å². The Balaban J connectivity index is 1.38. The van der Waals surface area contributed by atoms with Crippen LogP contribution in [-0.4, -0.2) is 59.4 Å². The van der Waals surface area contributed by atoms with E-state index in [0.29, 0.717) is 13.0 Å². The van der Waals surface area contributed by atoms with Gasteiger partial charge in [-0.25, -0.2) is 14.4 Å². The number of hydrogen-bond acceptors (Lipinski definition) is 5. The summed E-state index contributed by atoms with van der Waals surface area (Å²) in [7, 11) is 4.04. The average molecular weight is 426 g/mol. The van der Waals surface area contributed by atoms with Crippen molar-refractivity contribution in [2.45, 2.75) is 51.0 Å². The first-order chi connectivity index (χ1) is 15.0. The van der Waals surface area contributed by atoms with Gasteiger partial charge in [0.05, 0.1) is 5.69 Å². The van der Waals surface area contributed by atoms with Crippen molar-refractivity contribution >= 4 is 11.7 Å². The lowest BCUT2D eigenvalue weighted by Crippen LogP contribution is -2.39. The first kappa shape index (κ1) is 21.7. The number of aromatic nitrogens is 2. The van der Waals surface area contributed by atoms with E-state index in [1.165, 1.54) is 17.7 Å². The fourth-order valence-corrected chi connectivity index (χ4v) is 4.64. The molecule has 1 N–H and O–H groups in total. The Morgan fingerprint density at radius 3 is 2.81 bits per heavy atom. The first-order valence-corrected chi connectivity index (χ1v) is 11.3. The van der Waals surface area contributed by atoms with Gasteiger partial charge in [-0.1, -0.05) is 12.1 Å². The van der Waals surface area contributed by atoms with E-state index in [0.717, 1.165) is 74.6 Å². The molecule has 0 aliphatic carbocycles. The van der Waals surface area contributed by atoms with Crippen LogP contribution >= 0.6 is 0 Å². The van der Waals surface area contributed by atoms with Gasteiger partial charge < -0.3 is 15.1 Å². The molecule has 0 radical (unpaired) electrons. The quantitative estimate of drug-likeness (QED) is 0.769. The molecular formula is C24H32FN5O. The number of likely N-dealkylation sites (tertiary alicyclic amines) is 1. The zero-order valence-electron chi connectivity index (χ0n) is 18.5. The summed E-state index contributed by atoms with van der Waals surface area (Å²) in [4.78, 5) is 26.9. The fraction of sp³-hybridized carbons (Fsp3) is 0.542. The van der Waals surface area contributed by atoms with Crippen LogP contribution in [0.15, 0.2) is 24.3 Å². The van der Waals surface area contributed by atoms with Crippen LogP contribution in [0, 0.1) is 5.82 Å². The Hall–Kier alpha value is -2.54. The van der Waals surface area contributed by atoms with Crippen LogP contribution in [0.1, 0.15) is 54.2 Å². The summed E-state index contributed by atoms with van der Waals surface area (Å²) < 4.78 is 13.0. The molecule has 0 spiro atoms. The summed E-state index contributed by atoms with van der Waals surface area (Å²) in [5.74, 6) is 1.95. The molecule has 6 nitrogen and oxygen atoms in total. The summed E-state index contributed by atoms with van der Waals surface area (Å²) in [5.41, 5.74) is 3.41. The topological polar surface area (TPSA) is 61.4 Å². The number of amides is 1. The highest BCUT2D eigenvalue weighted by molar-refractivity contribution is 5.76. The predicted octanol–water partition coefficient (Wildman–Crippen LogP) is 3.37. The van der Waals surface area contributed by atoms with Gasteiger partial charge in [0.2, 0.25) is 5.91 Å². The second kappa shape index (κ2) is 9.73. The summed E-state index contributed by atoms with van der Waals surface area (Å²) in [5, 5.41) is 3.26. The maximum absolute atomic E-state index is 13.0. The summed E-state index contributed by atoms with van der Waals surface area (Å²) in [6, 6.07) is 6.53. The van der Waals surface area contributed by atoms with Gasteiger partial charge >= 0.3 is 0 Å². The maximum atomic E-state index is 13.0. The molecule has 1 atom stereocenters. The Kier molecular flexibility index (Phi) is 6.80. The highest BCUT2D eigenvalue weighted by atomic mass is 19.1. The van der Waals surface area contributed by atoms with Crippen LogP contribution in [0.2, 0.25) is 0 Å². The second-order valence-corrected chi connectivity index (χ2v) is 8.75. The number of carbonyl (C=O) groups is 1. The number of halogens is 1. The van der Waals surface area contributed by atoms with Crippen molar-refractivity contribution in [2.75, 3.05) is 39.0 Å². The van der Waals surface area contributed by atoms with E-state index in [1.807, 2.05) is 11.9 Å². The lowest BCUT2D eigenvalue weighted by atomic mass is 9.95. The van der Waals surface area contributed by atoms with E-state index >= 15 is 0 Å². The number of nitrogens with zero attached hydrogens (tertiary/aromatic N) is 4. The minimum Gasteiger partial charge on any atom is -0.373 e. The molecule has 1 amide bonds. The van der Waals surface area contributed by atoms with Gasteiger partial charge in [-0.3, -0.25) is 4.79 Å². The predicted molar refractivity (Wildman–Crippen MR) is 120 cm³/mol. The second-order valence-electron chi connectivity index (χ2n) is 8.75. The Bertz CT molecular complexity index is 917. The van der Waals surface area contributed by atoms with E-state index in [2.05, 4.69) is 17.3 Å². The van der Waals surface area contributed by atoms with E-state index in [4.69, 9.17) is 9.97 Å². The number of likely N-dealkylation sites (N-methyl/N-ethyl adjacent to an activating group) is 1. The number of aryl methyl sites for hydroxylation is 1. The maximum Gasteiger partial charge on any atom is 0.222 e. The highest BCUT2D eigenvalue weighted by Crippen LogP contribution is 2.29. The number of nitrogens with one attached hydrogen (secondary N) is 1. The van der Waals surface area contributed by atoms with Gasteiger partial charge in [-0.2, -0.15) is 0 Å². The van der Waals surface area contributed by atoms with Gasteiger partial charge in [-0.15, -0.1) is 0 Å². The Labute approximate surface area is 183 Å². The van der Waals surface area contributed by atoms with Crippen molar-refractivity contribution in [3.05, 3.63) is 52.7 Å². The monoisotopic (exact) mass is 425 g/mol. The van der Waals surface area contributed by atoms with Gasteiger partial charge in [0.1, 0.15) is 17.5 Å². The molecule has 1 aromatic heterocycles. The normalized spacial score (nSPS) is 19.2. The van der Waals surface area contributed by atoms with Crippen LogP contribution in [0.25, 0.3) is 0 Å². The molecule has 1 fully saturated rings. The number of benzene rings is 1. The molecule has 7 heteroatoms. The highest BCUT2D eigenvalue weighted by Gasteiger charge is 2.28. The number of hydrogen-bond donors (Lipinski definition) is 1. The van der Waals surface area contributed by atoms with Gasteiger partial charge in [-0.05, 0) is 56.8 Å². The van der Waals surface area contributed by atoms with Crippen LogP contribution in [-0.2, 0) is 24.2 Å². The van der Waals surface area contributed by atoms with Crippen LogP contribution in [0.5, 0.6) is 0 Å². The molecule has 2 aliphatic heterocycles. The first-order valence-electron chi connectivity index (χ1n) is 11.3. The molecule has 1 aromatic carbocycles. The largest absolute Gasteiger partial charge is 0.373 e. The molecule has 4 rings (SSSR count). The zero-order valence-corrected chi connectivity index (χ0v) is 18.5. The number of carbonyl (C=O) groups excluding carboxylic acids is 1. The van der Waals surface area contributed by atoms with Crippen molar-refractivity contribution in [1.29, 1.82) is 0 Å². The molecule has 1 saturated heterocycles. The fourth-order valence-electron chi connectivity index (χ4n) is 4.64. The van der Waals surface area contributed by atoms with Gasteiger partial charge in [0.15, 0.2) is 0 Å². The number of anilines is 1. The molecule has 0 bridgehead atoms. The third kappa shape index (κ3) is 5.21. The Morgan fingerprint density at radius 1 is 1.23 bits per heavy atom. The summed E-state index contributed by atoms with van der Waals surface area (Å²) >= 11 is 0. The van der Waals surface area contributed by atoms with Gasteiger partial charge in [0.25, 0.3) is 0 Å². The SMILES string of the molecule is CNc1nc([C@H]2CCCN(C(=O)CCCc3ccc(F)cc3)C2)nc2c1CCN(C)C2. The lowest BCUT2D eigenvalue weighted by molar-refractivity contribution is -0.132. The molecule has 3 heterocycles. The Morgan fingerprint density at radius 2 is 2.03 bits per heavy atom. The van der Waals surface area contributed by atoms with E-state index < -0.39 is 0 Å². The van der Waals surface area contributed by atoms with Gasteiger partial charge in [0, 0.05) is 51.1 Å². The number of fused-ring (bicyclic) bond motifs is 1.